The molecule has 24 heavy (non-hydrogen) atoms. The quantitative estimate of drug-likeness (QED) is 0.877. The van der Waals surface area contributed by atoms with Crippen LogP contribution in [-0.4, -0.2) is 26.2 Å². The van der Waals surface area contributed by atoms with Gasteiger partial charge in [0.2, 0.25) is 5.91 Å². The number of carbonyl (C=O) groups excluding carboxylic acids is 1. The third-order valence-corrected chi connectivity index (χ3v) is 4.10. The molecule has 0 aliphatic carbocycles. The van der Waals surface area contributed by atoms with Gasteiger partial charge in [0.1, 0.15) is 5.75 Å². The van der Waals surface area contributed by atoms with Gasteiger partial charge in [-0.05, 0) is 49.2 Å². The Morgan fingerprint density at radius 1 is 1.04 bits per heavy atom. The Morgan fingerprint density at radius 2 is 1.75 bits per heavy atom. The monoisotopic (exact) mass is 326 g/mol. The zero-order chi connectivity index (χ0) is 16.8. The molecule has 1 aliphatic rings. The van der Waals surface area contributed by atoms with Crippen molar-refractivity contribution in [1.29, 1.82) is 0 Å². The van der Waals surface area contributed by atoms with Gasteiger partial charge in [-0.1, -0.05) is 6.07 Å². The second kappa shape index (κ2) is 7.84. The zero-order valence-corrected chi connectivity index (χ0v) is 13.7. The van der Waals surface area contributed by atoms with Gasteiger partial charge in [0.15, 0.2) is 0 Å². The maximum Gasteiger partial charge on any atom is 0.227 e. The fourth-order valence-corrected chi connectivity index (χ4v) is 2.71. The number of hydrogen-bond acceptors (Lipinski definition) is 4. The predicted octanol–water partition coefficient (Wildman–Crippen LogP) is 3.80. The van der Waals surface area contributed by atoms with Crippen molar-refractivity contribution < 1.29 is 14.3 Å². The summed E-state index contributed by atoms with van der Waals surface area (Å²) in [6.07, 6.45) is 1.59. The molecule has 1 saturated heterocycles. The fourth-order valence-electron chi connectivity index (χ4n) is 2.71. The molecule has 0 radical (unpaired) electrons. The zero-order valence-electron chi connectivity index (χ0n) is 13.7. The molecule has 0 atom stereocenters. The highest BCUT2D eigenvalue weighted by molar-refractivity contribution is 5.92. The average Bonchev–Trinajstić information content (AvgIpc) is 2.64. The molecular formula is C19H22N2O3. The van der Waals surface area contributed by atoms with E-state index in [-0.39, 0.29) is 11.8 Å². The van der Waals surface area contributed by atoms with E-state index in [9.17, 15) is 4.79 Å². The van der Waals surface area contributed by atoms with Crippen molar-refractivity contribution in [2.75, 3.05) is 31.0 Å². The molecule has 1 amide bonds. The van der Waals surface area contributed by atoms with Crippen molar-refractivity contribution >= 4 is 23.0 Å². The molecule has 5 nitrogen and oxygen atoms in total. The first-order valence-electron chi connectivity index (χ1n) is 8.14. The molecule has 5 heteroatoms. The topological polar surface area (TPSA) is 59.6 Å². The number of rotatable bonds is 5. The average molecular weight is 326 g/mol. The number of amides is 1. The van der Waals surface area contributed by atoms with Gasteiger partial charge >= 0.3 is 0 Å². The largest absolute Gasteiger partial charge is 0.497 e. The lowest BCUT2D eigenvalue weighted by Gasteiger charge is -2.21. The van der Waals surface area contributed by atoms with Gasteiger partial charge < -0.3 is 20.1 Å². The van der Waals surface area contributed by atoms with Crippen LogP contribution in [0.3, 0.4) is 0 Å². The normalized spacial score (nSPS) is 14.9. The Kier molecular flexibility index (Phi) is 5.33. The van der Waals surface area contributed by atoms with E-state index in [1.807, 2.05) is 48.5 Å². The number of anilines is 3. The van der Waals surface area contributed by atoms with Crippen molar-refractivity contribution in [2.45, 2.75) is 12.8 Å². The van der Waals surface area contributed by atoms with Gasteiger partial charge in [-0.3, -0.25) is 4.79 Å². The van der Waals surface area contributed by atoms with E-state index in [0.717, 1.165) is 35.7 Å². The highest BCUT2D eigenvalue weighted by Gasteiger charge is 2.21. The van der Waals surface area contributed by atoms with Crippen LogP contribution in [0.2, 0.25) is 0 Å². The summed E-state index contributed by atoms with van der Waals surface area (Å²) in [6.45, 7) is 1.34. The summed E-state index contributed by atoms with van der Waals surface area (Å²) >= 11 is 0. The standard InChI is InChI=1S/C19H22N2O3/c1-23-18-4-2-3-17(13-18)20-15-5-7-16(8-6-15)21-19(22)14-9-11-24-12-10-14/h2-8,13-14,20H,9-12H2,1H3,(H,21,22). The Hall–Kier alpha value is -2.53. The number of methoxy groups -OCH3 is 1. The minimum atomic E-state index is 0.0494. The molecule has 0 unspecified atom stereocenters. The number of ether oxygens (including phenoxy) is 2. The maximum absolute atomic E-state index is 12.2. The van der Waals surface area contributed by atoms with Crippen LogP contribution in [0, 0.1) is 5.92 Å². The minimum absolute atomic E-state index is 0.0494. The third-order valence-electron chi connectivity index (χ3n) is 4.10. The van der Waals surface area contributed by atoms with E-state index in [2.05, 4.69) is 10.6 Å². The highest BCUT2D eigenvalue weighted by atomic mass is 16.5. The molecule has 1 heterocycles. The molecule has 0 spiro atoms. The Morgan fingerprint density at radius 3 is 2.46 bits per heavy atom. The predicted molar refractivity (Wildman–Crippen MR) is 94.9 cm³/mol. The van der Waals surface area contributed by atoms with Crippen LogP contribution >= 0.6 is 0 Å². The summed E-state index contributed by atoms with van der Waals surface area (Å²) in [6, 6.07) is 15.4. The van der Waals surface area contributed by atoms with Crippen LogP contribution in [0.25, 0.3) is 0 Å². The minimum Gasteiger partial charge on any atom is -0.497 e. The van der Waals surface area contributed by atoms with Crippen molar-refractivity contribution in [2.24, 2.45) is 5.92 Å². The SMILES string of the molecule is COc1cccc(Nc2ccc(NC(=O)C3CCOCC3)cc2)c1. The van der Waals surface area contributed by atoms with Crippen LogP contribution < -0.4 is 15.4 Å². The molecule has 2 aromatic rings. The van der Waals surface area contributed by atoms with Crippen LogP contribution in [0.4, 0.5) is 17.1 Å². The summed E-state index contributed by atoms with van der Waals surface area (Å²) in [5.41, 5.74) is 2.71. The fraction of sp³-hybridized carbons (Fsp3) is 0.316. The van der Waals surface area contributed by atoms with E-state index in [1.54, 1.807) is 7.11 Å². The molecule has 2 N–H and O–H groups in total. The van der Waals surface area contributed by atoms with Crippen LogP contribution in [0.1, 0.15) is 12.8 Å². The molecule has 1 aliphatic heterocycles. The van der Waals surface area contributed by atoms with Crippen molar-refractivity contribution in [3.05, 3.63) is 48.5 Å². The molecule has 0 aromatic heterocycles. The van der Waals surface area contributed by atoms with Crippen LogP contribution in [0.5, 0.6) is 5.75 Å². The van der Waals surface area contributed by atoms with Crippen molar-refractivity contribution in [3.63, 3.8) is 0 Å². The van der Waals surface area contributed by atoms with E-state index in [0.29, 0.717) is 13.2 Å². The second-order valence-corrected chi connectivity index (χ2v) is 5.81. The summed E-state index contributed by atoms with van der Waals surface area (Å²) < 4.78 is 10.5. The van der Waals surface area contributed by atoms with Crippen molar-refractivity contribution in [3.8, 4) is 5.75 Å². The number of benzene rings is 2. The molecule has 2 aromatic carbocycles. The number of nitrogens with one attached hydrogen (secondary N) is 2. The number of carbonyl (C=O) groups is 1. The molecule has 126 valence electrons. The summed E-state index contributed by atoms with van der Waals surface area (Å²) in [7, 11) is 1.65. The lowest BCUT2D eigenvalue weighted by atomic mass is 9.99. The third kappa shape index (κ3) is 4.26. The number of hydrogen-bond donors (Lipinski definition) is 2. The molecule has 3 rings (SSSR count). The molecular weight excluding hydrogens is 304 g/mol. The van der Waals surface area contributed by atoms with Crippen molar-refractivity contribution in [1.82, 2.24) is 0 Å². The smallest absolute Gasteiger partial charge is 0.227 e. The van der Waals surface area contributed by atoms with Gasteiger partial charge in [0.05, 0.1) is 7.11 Å². The summed E-state index contributed by atoms with van der Waals surface area (Å²) in [5.74, 6) is 0.931. The van der Waals surface area contributed by atoms with E-state index >= 15 is 0 Å². The maximum atomic E-state index is 12.2. The van der Waals surface area contributed by atoms with E-state index in [1.165, 1.54) is 0 Å². The van der Waals surface area contributed by atoms with Gasteiger partial charge in [0.25, 0.3) is 0 Å². The van der Waals surface area contributed by atoms with Gasteiger partial charge in [0, 0.05) is 42.3 Å². The lowest BCUT2D eigenvalue weighted by molar-refractivity contribution is -0.122. The van der Waals surface area contributed by atoms with Gasteiger partial charge in [-0.15, -0.1) is 0 Å². The van der Waals surface area contributed by atoms with Crippen LogP contribution in [0.15, 0.2) is 48.5 Å². The van der Waals surface area contributed by atoms with E-state index < -0.39 is 0 Å². The van der Waals surface area contributed by atoms with E-state index in [4.69, 9.17) is 9.47 Å². The lowest BCUT2D eigenvalue weighted by Crippen LogP contribution is -2.28. The Bertz CT molecular complexity index is 679. The van der Waals surface area contributed by atoms with Gasteiger partial charge in [-0.2, -0.15) is 0 Å². The Balaban J connectivity index is 1.59. The second-order valence-electron chi connectivity index (χ2n) is 5.81. The van der Waals surface area contributed by atoms with Gasteiger partial charge in [-0.25, -0.2) is 0 Å². The highest BCUT2D eigenvalue weighted by Crippen LogP contribution is 2.23. The first-order valence-corrected chi connectivity index (χ1v) is 8.14. The first-order chi connectivity index (χ1) is 11.7. The summed E-state index contributed by atoms with van der Waals surface area (Å²) in [4.78, 5) is 12.2. The molecule has 0 bridgehead atoms. The van der Waals surface area contributed by atoms with Crippen LogP contribution in [-0.2, 0) is 9.53 Å². The Labute approximate surface area is 142 Å². The summed E-state index contributed by atoms with van der Waals surface area (Å²) in [5, 5.41) is 6.29. The first kappa shape index (κ1) is 16.3. The molecule has 1 fully saturated rings. The molecule has 0 saturated carbocycles.